The van der Waals surface area contributed by atoms with Crippen molar-refractivity contribution in [1.82, 2.24) is 0 Å². The Hall–Kier alpha value is -1.38. The van der Waals surface area contributed by atoms with Crippen LogP contribution in [0.25, 0.3) is 0 Å². The zero-order chi connectivity index (χ0) is 12.5. The van der Waals surface area contributed by atoms with Gasteiger partial charge < -0.3 is 9.84 Å². The second-order valence-corrected chi connectivity index (χ2v) is 3.82. The van der Waals surface area contributed by atoms with Crippen LogP contribution in [0.4, 0.5) is 0 Å². The predicted octanol–water partition coefficient (Wildman–Crippen LogP) is 3.26. The molecule has 2 heteroatoms. The Morgan fingerprint density at radius 1 is 1.24 bits per heavy atom. The van der Waals surface area contributed by atoms with E-state index in [0.29, 0.717) is 6.42 Å². The Morgan fingerprint density at radius 3 is 2.53 bits per heavy atom. The number of hydrogen-bond acceptors (Lipinski definition) is 2. The van der Waals surface area contributed by atoms with Crippen molar-refractivity contribution in [1.29, 1.82) is 0 Å². The summed E-state index contributed by atoms with van der Waals surface area (Å²) >= 11 is 0. The van der Waals surface area contributed by atoms with E-state index < -0.39 is 6.10 Å². The fourth-order valence-electron chi connectivity index (χ4n) is 1.62. The highest BCUT2D eigenvalue weighted by Crippen LogP contribution is 2.21. The highest BCUT2D eigenvalue weighted by molar-refractivity contribution is 5.18. The summed E-state index contributed by atoms with van der Waals surface area (Å²) in [6, 6.07) is 9.59. The molecule has 0 saturated carbocycles. The van der Waals surface area contributed by atoms with Crippen LogP contribution in [0.1, 0.15) is 25.0 Å². The Bertz CT molecular complexity index is 354. The smallest absolute Gasteiger partial charge is 0.105 e. The summed E-state index contributed by atoms with van der Waals surface area (Å²) in [7, 11) is 1.63. The number of methoxy groups -OCH3 is 1. The fraction of sp³-hybridized carbons (Fsp3) is 0.333. The van der Waals surface area contributed by atoms with Crippen LogP contribution in [0.5, 0.6) is 0 Å². The van der Waals surface area contributed by atoms with Crippen LogP contribution >= 0.6 is 0 Å². The third-order valence-corrected chi connectivity index (χ3v) is 2.60. The van der Waals surface area contributed by atoms with Gasteiger partial charge in [-0.15, -0.1) is 0 Å². The summed E-state index contributed by atoms with van der Waals surface area (Å²) in [6.07, 6.45) is 7.78. The molecule has 0 fully saturated rings. The van der Waals surface area contributed by atoms with E-state index in [2.05, 4.69) is 0 Å². The molecule has 0 radical (unpaired) electrons. The molecule has 0 saturated heterocycles. The summed E-state index contributed by atoms with van der Waals surface area (Å²) in [5, 5.41) is 10.2. The van der Waals surface area contributed by atoms with Crippen molar-refractivity contribution in [2.75, 3.05) is 7.11 Å². The molecule has 2 unspecified atom stereocenters. The Kier molecular flexibility index (Phi) is 6.30. The van der Waals surface area contributed by atoms with Gasteiger partial charge in [-0.2, -0.15) is 0 Å². The third kappa shape index (κ3) is 4.55. The average molecular weight is 232 g/mol. The van der Waals surface area contributed by atoms with Crippen molar-refractivity contribution in [3.8, 4) is 0 Å². The van der Waals surface area contributed by atoms with Crippen molar-refractivity contribution in [3.63, 3.8) is 0 Å². The normalized spacial score (nSPS) is 15.5. The second kappa shape index (κ2) is 7.82. The van der Waals surface area contributed by atoms with Crippen LogP contribution in [0.3, 0.4) is 0 Å². The zero-order valence-electron chi connectivity index (χ0n) is 10.4. The van der Waals surface area contributed by atoms with Crippen LogP contribution < -0.4 is 0 Å². The molecular weight excluding hydrogens is 212 g/mol. The van der Waals surface area contributed by atoms with Crippen LogP contribution in [0.2, 0.25) is 0 Å². The molecule has 1 aromatic rings. The quantitative estimate of drug-likeness (QED) is 0.763. The first-order chi connectivity index (χ1) is 8.29. The molecule has 2 atom stereocenters. The topological polar surface area (TPSA) is 29.5 Å². The molecule has 2 nitrogen and oxygen atoms in total. The van der Waals surface area contributed by atoms with Crippen molar-refractivity contribution < 1.29 is 9.84 Å². The molecule has 1 N–H and O–H groups in total. The predicted molar refractivity (Wildman–Crippen MR) is 70.8 cm³/mol. The standard InChI is InChI=1S/C15H20O2/c1-3-4-5-9-12-14(17-2)15(16)13-10-7-6-8-11-13/h3-11,14-16H,12H2,1-2H3/b4-3-,9-5-. The van der Waals surface area contributed by atoms with Gasteiger partial charge in [0.05, 0.1) is 6.10 Å². The molecule has 0 spiro atoms. The molecule has 0 aromatic heterocycles. The lowest BCUT2D eigenvalue weighted by atomic mass is 10.0. The van der Waals surface area contributed by atoms with E-state index in [9.17, 15) is 5.11 Å². The molecule has 92 valence electrons. The van der Waals surface area contributed by atoms with E-state index in [0.717, 1.165) is 5.56 Å². The van der Waals surface area contributed by atoms with Crippen LogP contribution in [-0.4, -0.2) is 18.3 Å². The van der Waals surface area contributed by atoms with Crippen molar-refractivity contribution in [2.45, 2.75) is 25.6 Å². The average Bonchev–Trinajstić information content (AvgIpc) is 2.39. The van der Waals surface area contributed by atoms with Gasteiger partial charge in [-0.3, -0.25) is 0 Å². The minimum atomic E-state index is -0.587. The maximum Gasteiger partial charge on any atom is 0.105 e. The first kappa shape index (κ1) is 13.7. The van der Waals surface area contributed by atoms with E-state index in [1.807, 2.05) is 61.6 Å². The SMILES string of the molecule is C/C=C\C=C/CC(OC)C(O)c1ccccc1. The summed E-state index contributed by atoms with van der Waals surface area (Å²) in [6.45, 7) is 1.97. The molecule has 1 aromatic carbocycles. The molecule has 1 rings (SSSR count). The monoisotopic (exact) mass is 232 g/mol. The molecule has 0 bridgehead atoms. The largest absolute Gasteiger partial charge is 0.386 e. The Morgan fingerprint density at radius 2 is 1.94 bits per heavy atom. The zero-order valence-corrected chi connectivity index (χ0v) is 10.4. The third-order valence-electron chi connectivity index (χ3n) is 2.60. The fourth-order valence-corrected chi connectivity index (χ4v) is 1.62. The van der Waals surface area contributed by atoms with Crippen LogP contribution in [0, 0.1) is 0 Å². The molecule has 17 heavy (non-hydrogen) atoms. The number of benzene rings is 1. The van der Waals surface area contributed by atoms with E-state index >= 15 is 0 Å². The summed E-state index contributed by atoms with van der Waals surface area (Å²) in [5.74, 6) is 0. The number of hydrogen-bond donors (Lipinski definition) is 1. The molecule has 0 aliphatic rings. The highest BCUT2D eigenvalue weighted by Gasteiger charge is 2.18. The number of aliphatic hydroxyl groups is 1. The molecule has 0 aliphatic carbocycles. The number of allylic oxidation sites excluding steroid dienone is 3. The molecular formula is C15H20O2. The first-order valence-corrected chi connectivity index (χ1v) is 5.83. The lowest BCUT2D eigenvalue weighted by Gasteiger charge is -2.20. The maximum absolute atomic E-state index is 10.2. The summed E-state index contributed by atoms with van der Waals surface area (Å²) < 4.78 is 5.32. The second-order valence-electron chi connectivity index (χ2n) is 3.82. The van der Waals surface area contributed by atoms with Gasteiger partial charge in [-0.1, -0.05) is 54.6 Å². The van der Waals surface area contributed by atoms with Crippen LogP contribution in [0.15, 0.2) is 54.6 Å². The van der Waals surface area contributed by atoms with Gasteiger partial charge in [0.15, 0.2) is 0 Å². The van der Waals surface area contributed by atoms with E-state index in [1.54, 1.807) is 7.11 Å². The van der Waals surface area contributed by atoms with Gasteiger partial charge >= 0.3 is 0 Å². The minimum absolute atomic E-state index is 0.209. The van der Waals surface area contributed by atoms with Gasteiger partial charge in [0, 0.05) is 7.11 Å². The van der Waals surface area contributed by atoms with Gasteiger partial charge in [0.2, 0.25) is 0 Å². The van der Waals surface area contributed by atoms with Crippen molar-refractivity contribution in [2.24, 2.45) is 0 Å². The van der Waals surface area contributed by atoms with Crippen LogP contribution in [-0.2, 0) is 4.74 Å². The van der Waals surface area contributed by atoms with Gasteiger partial charge in [-0.05, 0) is 18.9 Å². The van der Waals surface area contributed by atoms with Crippen molar-refractivity contribution in [3.05, 3.63) is 60.2 Å². The Labute approximate surface area is 103 Å². The summed E-state index contributed by atoms with van der Waals surface area (Å²) in [5.41, 5.74) is 0.888. The van der Waals surface area contributed by atoms with Crippen molar-refractivity contribution >= 4 is 0 Å². The lowest BCUT2D eigenvalue weighted by molar-refractivity contribution is -0.0109. The minimum Gasteiger partial charge on any atom is -0.386 e. The first-order valence-electron chi connectivity index (χ1n) is 5.83. The van der Waals surface area contributed by atoms with E-state index in [-0.39, 0.29) is 6.10 Å². The number of aliphatic hydroxyl groups excluding tert-OH is 1. The maximum atomic E-state index is 10.2. The highest BCUT2D eigenvalue weighted by atomic mass is 16.5. The lowest BCUT2D eigenvalue weighted by Crippen LogP contribution is -2.20. The summed E-state index contributed by atoms with van der Waals surface area (Å²) in [4.78, 5) is 0. The number of rotatable bonds is 6. The van der Waals surface area contributed by atoms with Gasteiger partial charge in [-0.25, -0.2) is 0 Å². The van der Waals surface area contributed by atoms with E-state index in [4.69, 9.17) is 4.74 Å². The Balaban J connectivity index is 2.61. The molecule has 0 aliphatic heterocycles. The molecule has 0 heterocycles. The number of ether oxygens (including phenoxy) is 1. The van der Waals surface area contributed by atoms with Gasteiger partial charge in [0.25, 0.3) is 0 Å². The molecule has 0 amide bonds. The van der Waals surface area contributed by atoms with Gasteiger partial charge in [0.1, 0.15) is 6.10 Å². The van der Waals surface area contributed by atoms with E-state index in [1.165, 1.54) is 0 Å².